The van der Waals surface area contributed by atoms with Gasteiger partial charge < -0.3 is 14.8 Å². The molecule has 0 aliphatic heterocycles. The molecule has 0 aromatic heterocycles. The summed E-state index contributed by atoms with van der Waals surface area (Å²) in [5.74, 6) is -0.760. The number of ether oxygens (including phenoxy) is 2. The van der Waals surface area contributed by atoms with Crippen molar-refractivity contribution in [3.8, 4) is 11.5 Å². The summed E-state index contributed by atoms with van der Waals surface area (Å²) in [5.41, 5.74) is 2.68. The highest BCUT2D eigenvalue weighted by Gasteiger charge is 2.11. The van der Waals surface area contributed by atoms with Crippen LogP contribution in [0.25, 0.3) is 0 Å². The van der Waals surface area contributed by atoms with Gasteiger partial charge in [0, 0.05) is 6.54 Å². The van der Waals surface area contributed by atoms with E-state index in [1.807, 2.05) is 0 Å². The van der Waals surface area contributed by atoms with Gasteiger partial charge in [0.2, 0.25) is 0 Å². The second-order valence-electron chi connectivity index (χ2n) is 3.80. The molecule has 7 nitrogen and oxygen atoms in total. The van der Waals surface area contributed by atoms with Crippen LogP contribution in [0.15, 0.2) is 17.2 Å². The van der Waals surface area contributed by atoms with Crippen molar-refractivity contribution in [2.75, 3.05) is 20.8 Å². The number of nitrogens with one attached hydrogen (secondary N) is 2. The predicted molar refractivity (Wildman–Crippen MR) is 79.0 cm³/mol. The normalized spacial score (nSPS) is 10.3. The molecule has 0 fully saturated rings. The lowest BCUT2D eigenvalue weighted by atomic mass is 10.2. The minimum atomic E-state index is -0.848. The minimum absolute atomic E-state index is 0.341. The van der Waals surface area contributed by atoms with Crippen LogP contribution in [0.4, 0.5) is 0 Å². The molecular weight excluding hydrogens is 298 g/mol. The molecule has 114 valence electrons. The average Bonchev–Trinajstić information content (AvgIpc) is 2.46. The molecule has 0 spiro atoms. The Labute approximate surface area is 127 Å². The summed E-state index contributed by atoms with van der Waals surface area (Å²) in [5, 5.41) is 6.37. The molecule has 0 atom stereocenters. The number of carbonyl (C=O) groups is 2. The number of halogens is 1. The summed E-state index contributed by atoms with van der Waals surface area (Å²) in [7, 11) is 2.95. The Bertz CT molecular complexity index is 561. The van der Waals surface area contributed by atoms with E-state index in [9.17, 15) is 9.59 Å². The van der Waals surface area contributed by atoms with Crippen molar-refractivity contribution in [3.63, 3.8) is 0 Å². The van der Waals surface area contributed by atoms with Crippen LogP contribution in [0, 0.1) is 0 Å². The molecule has 0 unspecified atom stereocenters. The van der Waals surface area contributed by atoms with Crippen molar-refractivity contribution in [1.29, 1.82) is 0 Å². The molecule has 0 aliphatic carbocycles. The maximum Gasteiger partial charge on any atom is 0.329 e. The van der Waals surface area contributed by atoms with Gasteiger partial charge in [-0.05, 0) is 24.6 Å². The lowest BCUT2D eigenvalue weighted by Crippen LogP contribution is -2.37. The smallest absolute Gasteiger partial charge is 0.329 e. The zero-order valence-electron chi connectivity index (χ0n) is 11.9. The van der Waals surface area contributed by atoms with Crippen LogP contribution in [0.2, 0.25) is 5.02 Å². The Morgan fingerprint density at radius 3 is 2.57 bits per heavy atom. The molecule has 2 amide bonds. The number of hydrogen-bond donors (Lipinski definition) is 2. The average molecular weight is 314 g/mol. The van der Waals surface area contributed by atoms with E-state index < -0.39 is 11.8 Å². The van der Waals surface area contributed by atoms with E-state index >= 15 is 0 Å². The Kier molecular flexibility index (Phi) is 6.48. The van der Waals surface area contributed by atoms with E-state index in [-0.39, 0.29) is 0 Å². The first kappa shape index (κ1) is 16.8. The van der Waals surface area contributed by atoms with Gasteiger partial charge in [0.25, 0.3) is 0 Å². The number of benzene rings is 1. The number of methoxy groups -OCH3 is 2. The van der Waals surface area contributed by atoms with Crippen molar-refractivity contribution < 1.29 is 19.1 Å². The number of nitrogens with zero attached hydrogens (tertiary/aromatic N) is 1. The van der Waals surface area contributed by atoms with Crippen molar-refractivity contribution in [1.82, 2.24) is 10.7 Å². The van der Waals surface area contributed by atoms with Crippen molar-refractivity contribution in [3.05, 3.63) is 22.7 Å². The number of carbonyl (C=O) groups excluding carboxylic acids is 2. The summed E-state index contributed by atoms with van der Waals surface area (Å²) in [4.78, 5) is 22.5. The SMILES string of the molecule is CCNC(=O)C(=O)N/N=C\c1cc(Cl)c(OC)c(OC)c1. The first-order valence-corrected chi connectivity index (χ1v) is 6.44. The summed E-state index contributed by atoms with van der Waals surface area (Å²) < 4.78 is 10.2. The van der Waals surface area contributed by atoms with Crippen LogP contribution >= 0.6 is 11.6 Å². The molecule has 0 saturated carbocycles. The number of rotatable bonds is 5. The van der Waals surface area contributed by atoms with Gasteiger partial charge in [0.05, 0.1) is 25.5 Å². The van der Waals surface area contributed by atoms with Crippen molar-refractivity contribution >= 4 is 29.6 Å². The lowest BCUT2D eigenvalue weighted by molar-refractivity contribution is -0.139. The summed E-state index contributed by atoms with van der Waals surface area (Å²) in [6.07, 6.45) is 1.34. The van der Waals surface area contributed by atoms with Gasteiger partial charge in [-0.1, -0.05) is 11.6 Å². The number of amides is 2. The topological polar surface area (TPSA) is 89.0 Å². The van der Waals surface area contributed by atoms with Crippen LogP contribution in [-0.4, -0.2) is 38.8 Å². The number of likely N-dealkylation sites (N-methyl/N-ethyl adjacent to an activating group) is 1. The van der Waals surface area contributed by atoms with Crippen molar-refractivity contribution in [2.24, 2.45) is 5.10 Å². The molecule has 1 rings (SSSR count). The molecule has 21 heavy (non-hydrogen) atoms. The Hall–Kier alpha value is -2.28. The third-order valence-electron chi connectivity index (χ3n) is 2.38. The third kappa shape index (κ3) is 4.64. The zero-order chi connectivity index (χ0) is 15.8. The van der Waals surface area contributed by atoms with E-state index in [0.29, 0.717) is 28.6 Å². The quantitative estimate of drug-likeness (QED) is 0.481. The summed E-state index contributed by atoms with van der Waals surface area (Å²) >= 11 is 6.03. The molecule has 0 radical (unpaired) electrons. The maximum atomic E-state index is 11.3. The van der Waals surface area contributed by atoms with E-state index in [0.717, 1.165) is 0 Å². The third-order valence-corrected chi connectivity index (χ3v) is 2.66. The van der Waals surface area contributed by atoms with E-state index in [2.05, 4.69) is 15.8 Å². The fourth-order valence-electron chi connectivity index (χ4n) is 1.47. The van der Waals surface area contributed by atoms with Gasteiger partial charge in [-0.15, -0.1) is 0 Å². The number of hydrazone groups is 1. The predicted octanol–water partition coefficient (Wildman–Crippen LogP) is 0.943. The van der Waals surface area contributed by atoms with Gasteiger partial charge >= 0.3 is 11.8 Å². The van der Waals surface area contributed by atoms with Crippen LogP contribution in [0.3, 0.4) is 0 Å². The van der Waals surface area contributed by atoms with E-state index in [1.54, 1.807) is 19.1 Å². The molecule has 1 aromatic rings. The van der Waals surface area contributed by atoms with Gasteiger partial charge in [0.1, 0.15) is 0 Å². The largest absolute Gasteiger partial charge is 0.493 e. The molecule has 8 heteroatoms. The van der Waals surface area contributed by atoms with E-state index in [1.165, 1.54) is 20.4 Å². The first-order valence-electron chi connectivity index (χ1n) is 6.06. The standard InChI is InChI=1S/C13H16ClN3O4/c1-4-15-12(18)13(19)17-16-7-8-5-9(14)11(21-3)10(6-8)20-2/h5-7H,4H2,1-3H3,(H,15,18)(H,17,19)/b16-7-. The molecule has 2 N–H and O–H groups in total. The Morgan fingerprint density at radius 1 is 1.29 bits per heavy atom. The minimum Gasteiger partial charge on any atom is -0.493 e. The highest BCUT2D eigenvalue weighted by molar-refractivity contribution is 6.35. The molecule has 0 saturated heterocycles. The Morgan fingerprint density at radius 2 is 2.00 bits per heavy atom. The summed E-state index contributed by atoms with van der Waals surface area (Å²) in [6.45, 7) is 2.07. The molecule has 0 bridgehead atoms. The van der Waals surface area contributed by atoms with Gasteiger partial charge in [-0.25, -0.2) is 5.43 Å². The molecule has 1 aromatic carbocycles. The monoisotopic (exact) mass is 313 g/mol. The van der Waals surface area contributed by atoms with Gasteiger partial charge in [0.15, 0.2) is 11.5 Å². The fourth-order valence-corrected chi connectivity index (χ4v) is 1.77. The van der Waals surface area contributed by atoms with E-state index in [4.69, 9.17) is 21.1 Å². The number of hydrogen-bond acceptors (Lipinski definition) is 5. The lowest BCUT2D eigenvalue weighted by Gasteiger charge is -2.09. The zero-order valence-corrected chi connectivity index (χ0v) is 12.7. The second-order valence-corrected chi connectivity index (χ2v) is 4.20. The highest BCUT2D eigenvalue weighted by Crippen LogP contribution is 2.35. The van der Waals surface area contributed by atoms with Crippen LogP contribution in [0.5, 0.6) is 11.5 Å². The van der Waals surface area contributed by atoms with Gasteiger partial charge in [-0.2, -0.15) is 5.10 Å². The molecular formula is C13H16ClN3O4. The fraction of sp³-hybridized carbons (Fsp3) is 0.308. The molecule has 0 aliphatic rings. The second kappa shape index (κ2) is 8.11. The van der Waals surface area contributed by atoms with Crippen LogP contribution in [0.1, 0.15) is 12.5 Å². The first-order chi connectivity index (χ1) is 10.0. The van der Waals surface area contributed by atoms with Crippen molar-refractivity contribution in [2.45, 2.75) is 6.92 Å². The van der Waals surface area contributed by atoms with Crippen LogP contribution in [-0.2, 0) is 9.59 Å². The Balaban J connectivity index is 2.79. The van der Waals surface area contributed by atoms with Gasteiger partial charge in [-0.3, -0.25) is 9.59 Å². The highest BCUT2D eigenvalue weighted by atomic mass is 35.5. The maximum absolute atomic E-state index is 11.3. The molecule has 0 heterocycles. The van der Waals surface area contributed by atoms with Crippen LogP contribution < -0.4 is 20.2 Å². The summed E-state index contributed by atoms with van der Waals surface area (Å²) in [6, 6.07) is 3.22.